The van der Waals surface area contributed by atoms with E-state index in [0.717, 1.165) is 41.7 Å². The second kappa shape index (κ2) is 11.5. The average Bonchev–Trinajstić information content (AvgIpc) is 2.79. The van der Waals surface area contributed by atoms with Crippen molar-refractivity contribution in [3.63, 3.8) is 0 Å². The van der Waals surface area contributed by atoms with Gasteiger partial charge in [0.1, 0.15) is 12.1 Å². The van der Waals surface area contributed by atoms with Gasteiger partial charge in [0.25, 0.3) is 0 Å². The van der Waals surface area contributed by atoms with E-state index in [1.54, 1.807) is 13.4 Å². The van der Waals surface area contributed by atoms with Gasteiger partial charge in [0.15, 0.2) is 11.5 Å². The Hall–Kier alpha value is -3.06. The van der Waals surface area contributed by atoms with E-state index < -0.39 is 5.97 Å². The third-order valence-corrected chi connectivity index (χ3v) is 5.40. The van der Waals surface area contributed by atoms with Gasteiger partial charge in [-0.15, -0.1) is 0 Å². The minimum Gasteiger partial charge on any atom is -0.493 e. The molecule has 0 saturated carbocycles. The maximum atomic E-state index is 10.6. The third-order valence-electron chi connectivity index (χ3n) is 5.15. The Morgan fingerprint density at radius 3 is 2.50 bits per heavy atom. The lowest BCUT2D eigenvalue weighted by atomic mass is 10.1. The number of methoxy groups -OCH3 is 1. The van der Waals surface area contributed by atoms with E-state index >= 15 is 0 Å². The number of hydrogen-bond acceptors (Lipinski definition) is 6. The van der Waals surface area contributed by atoms with Gasteiger partial charge in [-0.1, -0.05) is 24.4 Å². The van der Waals surface area contributed by atoms with Gasteiger partial charge in [-0.3, -0.25) is 4.79 Å². The molecular formula is C24H28ClN3O4. The van der Waals surface area contributed by atoms with Gasteiger partial charge >= 0.3 is 5.97 Å². The van der Waals surface area contributed by atoms with Crippen molar-refractivity contribution in [2.45, 2.75) is 39.0 Å². The summed E-state index contributed by atoms with van der Waals surface area (Å²) in [4.78, 5) is 21.7. The number of carbonyl (C=O) groups is 1. The number of anilines is 2. The second-order valence-corrected chi connectivity index (χ2v) is 7.78. The van der Waals surface area contributed by atoms with Gasteiger partial charge in [-0.2, -0.15) is 0 Å². The maximum Gasteiger partial charge on any atom is 0.303 e. The highest BCUT2D eigenvalue weighted by molar-refractivity contribution is 6.30. The van der Waals surface area contributed by atoms with Crippen molar-refractivity contribution in [2.24, 2.45) is 0 Å². The molecule has 0 bridgehead atoms. The normalized spacial score (nSPS) is 10.8. The fourth-order valence-corrected chi connectivity index (χ4v) is 3.65. The van der Waals surface area contributed by atoms with Crippen LogP contribution in [0.4, 0.5) is 11.5 Å². The molecule has 7 nitrogen and oxygen atoms in total. The van der Waals surface area contributed by atoms with Crippen molar-refractivity contribution in [1.82, 2.24) is 9.97 Å². The van der Waals surface area contributed by atoms with Crippen LogP contribution >= 0.6 is 11.6 Å². The number of aromatic nitrogens is 2. The summed E-state index contributed by atoms with van der Waals surface area (Å²) in [5.41, 5.74) is 1.75. The highest BCUT2D eigenvalue weighted by Gasteiger charge is 2.16. The Labute approximate surface area is 193 Å². The lowest BCUT2D eigenvalue weighted by Crippen LogP contribution is -2.18. The Balaban J connectivity index is 1.80. The number of unbranched alkanes of at least 4 members (excludes halogenated alkanes) is 3. The van der Waals surface area contributed by atoms with Gasteiger partial charge in [-0.25, -0.2) is 9.97 Å². The van der Waals surface area contributed by atoms with Crippen LogP contribution < -0.4 is 14.4 Å². The molecular weight excluding hydrogens is 430 g/mol. The molecule has 0 spiro atoms. The summed E-state index contributed by atoms with van der Waals surface area (Å²) in [5.74, 6) is 1.28. The summed E-state index contributed by atoms with van der Waals surface area (Å²) in [5, 5.41) is 10.3. The van der Waals surface area contributed by atoms with Crippen LogP contribution in [-0.4, -0.2) is 41.3 Å². The van der Waals surface area contributed by atoms with Crippen molar-refractivity contribution in [3.05, 3.63) is 47.7 Å². The molecule has 0 aliphatic carbocycles. The topological polar surface area (TPSA) is 84.8 Å². The number of benzene rings is 2. The number of carboxylic acid groups (broad SMARTS) is 1. The van der Waals surface area contributed by atoms with Gasteiger partial charge in [0.2, 0.25) is 0 Å². The lowest BCUT2D eigenvalue weighted by Gasteiger charge is -2.24. The van der Waals surface area contributed by atoms with Gasteiger partial charge in [0, 0.05) is 35.1 Å². The van der Waals surface area contributed by atoms with Crippen LogP contribution in [0.3, 0.4) is 0 Å². The molecule has 0 saturated heterocycles. The first-order valence-electron chi connectivity index (χ1n) is 10.7. The standard InChI is InChI=1S/C24H28ClN3O4/c1-3-28(18-11-9-17(25)10-12-18)24-19-14-22(21(31-2)15-20(19)26-16-27-24)32-13-7-5-4-6-8-23(29)30/h9-12,14-16H,3-8,13H2,1-2H3,(H,29,30). The number of aliphatic carboxylic acids is 1. The fourth-order valence-electron chi connectivity index (χ4n) is 3.53. The molecule has 32 heavy (non-hydrogen) atoms. The first-order valence-corrected chi connectivity index (χ1v) is 11.1. The van der Waals surface area contributed by atoms with E-state index in [2.05, 4.69) is 21.8 Å². The molecule has 1 N–H and O–H groups in total. The van der Waals surface area contributed by atoms with E-state index in [-0.39, 0.29) is 6.42 Å². The summed E-state index contributed by atoms with van der Waals surface area (Å²) in [6, 6.07) is 11.4. The molecule has 3 rings (SSSR count). The fraction of sp³-hybridized carbons (Fsp3) is 0.375. The van der Waals surface area contributed by atoms with Crippen LogP contribution in [0.5, 0.6) is 11.5 Å². The molecule has 8 heteroatoms. The van der Waals surface area contributed by atoms with Crippen LogP contribution in [0, 0.1) is 0 Å². The minimum atomic E-state index is -0.750. The first kappa shape index (κ1) is 23.6. The van der Waals surface area contributed by atoms with E-state index in [4.69, 9.17) is 26.2 Å². The lowest BCUT2D eigenvalue weighted by molar-refractivity contribution is -0.137. The minimum absolute atomic E-state index is 0.212. The Bertz CT molecular complexity index is 1040. The predicted molar refractivity (Wildman–Crippen MR) is 126 cm³/mol. The number of fused-ring (bicyclic) bond motifs is 1. The zero-order chi connectivity index (χ0) is 22.9. The average molecular weight is 458 g/mol. The summed E-state index contributed by atoms with van der Waals surface area (Å²) in [6.45, 7) is 3.30. The highest BCUT2D eigenvalue weighted by atomic mass is 35.5. The largest absolute Gasteiger partial charge is 0.493 e. The third kappa shape index (κ3) is 6.01. The van der Waals surface area contributed by atoms with E-state index in [0.29, 0.717) is 36.1 Å². The van der Waals surface area contributed by atoms with Crippen LogP contribution in [0.15, 0.2) is 42.7 Å². The molecule has 0 fully saturated rings. The summed E-state index contributed by atoms with van der Waals surface area (Å²) < 4.78 is 11.5. The number of hydrogen-bond donors (Lipinski definition) is 1. The van der Waals surface area contributed by atoms with E-state index in [1.807, 2.05) is 36.4 Å². The molecule has 0 amide bonds. The molecule has 1 aromatic heterocycles. The van der Waals surface area contributed by atoms with Gasteiger partial charge in [-0.05, 0) is 50.1 Å². The molecule has 0 atom stereocenters. The zero-order valence-electron chi connectivity index (χ0n) is 18.4. The summed E-state index contributed by atoms with van der Waals surface area (Å²) in [6.07, 6.45) is 5.07. The smallest absolute Gasteiger partial charge is 0.303 e. The van der Waals surface area contributed by atoms with Crippen LogP contribution in [0.1, 0.15) is 39.0 Å². The maximum absolute atomic E-state index is 10.6. The van der Waals surface area contributed by atoms with E-state index in [1.165, 1.54) is 0 Å². The second-order valence-electron chi connectivity index (χ2n) is 7.34. The Kier molecular flexibility index (Phi) is 8.50. The number of rotatable bonds is 12. The number of carboxylic acids is 1. The number of halogens is 1. The summed E-state index contributed by atoms with van der Waals surface area (Å²) in [7, 11) is 1.61. The molecule has 3 aromatic rings. The first-order chi connectivity index (χ1) is 15.5. The Morgan fingerprint density at radius 1 is 1.06 bits per heavy atom. The van der Waals surface area contributed by atoms with Crippen LogP contribution in [0.2, 0.25) is 5.02 Å². The van der Waals surface area contributed by atoms with E-state index in [9.17, 15) is 4.79 Å². The van der Waals surface area contributed by atoms with Crippen molar-refractivity contribution < 1.29 is 19.4 Å². The molecule has 170 valence electrons. The molecule has 2 aromatic carbocycles. The Morgan fingerprint density at radius 2 is 1.81 bits per heavy atom. The highest BCUT2D eigenvalue weighted by Crippen LogP contribution is 2.37. The van der Waals surface area contributed by atoms with Crippen molar-refractivity contribution in [3.8, 4) is 11.5 Å². The van der Waals surface area contributed by atoms with Crippen molar-refractivity contribution in [2.75, 3.05) is 25.2 Å². The zero-order valence-corrected chi connectivity index (χ0v) is 19.1. The SMILES string of the molecule is CCN(c1ccc(Cl)cc1)c1ncnc2cc(OC)c(OCCCCCCC(=O)O)cc12. The van der Waals surface area contributed by atoms with Gasteiger partial charge in [0.05, 0.1) is 19.2 Å². The monoisotopic (exact) mass is 457 g/mol. The summed E-state index contributed by atoms with van der Waals surface area (Å²) >= 11 is 6.06. The predicted octanol–water partition coefficient (Wildman–Crippen LogP) is 5.86. The van der Waals surface area contributed by atoms with Crippen molar-refractivity contribution in [1.29, 1.82) is 0 Å². The van der Waals surface area contributed by atoms with Gasteiger partial charge < -0.3 is 19.5 Å². The van der Waals surface area contributed by atoms with Crippen molar-refractivity contribution >= 4 is 40.0 Å². The van der Waals surface area contributed by atoms with Crippen LogP contribution in [-0.2, 0) is 4.79 Å². The number of nitrogens with zero attached hydrogens (tertiary/aromatic N) is 3. The van der Waals surface area contributed by atoms with Crippen LogP contribution in [0.25, 0.3) is 10.9 Å². The molecule has 0 unspecified atom stereocenters. The quantitative estimate of drug-likeness (QED) is 0.341. The molecule has 0 aliphatic heterocycles. The molecule has 0 radical (unpaired) electrons. The molecule has 0 aliphatic rings. The number of ether oxygens (including phenoxy) is 2. The molecule has 1 heterocycles.